The van der Waals surface area contributed by atoms with Crippen LogP contribution in [0.25, 0.3) is 0 Å². The monoisotopic (exact) mass is 355 g/mol. The van der Waals surface area contributed by atoms with Crippen LogP contribution in [0, 0.1) is 0 Å². The molecule has 0 aromatic heterocycles. The maximum Gasteiger partial charge on any atom is 0.119 e. The molecule has 1 heterocycles. The van der Waals surface area contributed by atoms with Crippen LogP contribution < -0.4 is 14.4 Å². The van der Waals surface area contributed by atoms with Gasteiger partial charge in [-0.1, -0.05) is 0 Å². The van der Waals surface area contributed by atoms with Crippen LogP contribution in [-0.4, -0.2) is 51.9 Å². The normalized spacial score (nSPS) is 16.1. The molecular formula is C22H31N2O2+. The van der Waals surface area contributed by atoms with Crippen LogP contribution in [0.1, 0.15) is 19.3 Å². The van der Waals surface area contributed by atoms with Gasteiger partial charge in [0, 0.05) is 11.4 Å². The van der Waals surface area contributed by atoms with E-state index in [-0.39, 0.29) is 0 Å². The van der Waals surface area contributed by atoms with Gasteiger partial charge in [0.15, 0.2) is 0 Å². The first-order valence-electron chi connectivity index (χ1n) is 9.53. The number of rotatable bonds is 7. The summed E-state index contributed by atoms with van der Waals surface area (Å²) in [6.45, 7) is 4.73. The van der Waals surface area contributed by atoms with Crippen LogP contribution in [0.4, 0.5) is 11.4 Å². The van der Waals surface area contributed by atoms with Gasteiger partial charge in [-0.3, -0.25) is 0 Å². The Morgan fingerprint density at radius 3 is 1.65 bits per heavy atom. The highest BCUT2D eigenvalue weighted by molar-refractivity contribution is 5.64. The van der Waals surface area contributed by atoms with Crippen molar-refractivity contribution in [3.63, 3.8) is 0 Å². The molecule has 1 saturated heterocycles. The van der Waals surface area contributed by atoms with Crippen molar-refractivity contribution in [1.29, 1.82) is 0 Å². The topological polar surface area (TPSA) is 21.7 Å². The summed E-state index contributed by atoms with van der Waals surface area (Å²) in [4.78, 5) is 2.40. The Bertz CT molecular complexity index is 629. The quantitative estimate of drug-likeness (QED) is 0.684. The largest absolute Gasteiger partial charge is 0.497 e. The molecule has 0 saturated carbocycles. The molecule has 4 heteroatoms. The average molecular weight is 356 g/mol. The molecule has 1 fully saturated rings. The minimum Gasteiger partial charge on any atom is -0.497 e. The number of ether oxygens (including phenoxy) is 2. The summed E-state index contributed by atoms with van der Waals surface area (Å²) >= 11 is 0. The van der Waals surface area contributed by atoms with Gasteiger partial charge in [-0.2, -0.15) is 0 Å². The van der Waals surface area contributed by atoms with Crippen molar-refractivity contribution in [3.8, 4) is 11.5 Å². The number of anilines is 2. The van der Waals surface area contributed by atoms with Crippen molar-refractivity contribution in [2.45, 2.75) is 19.3 Å². The van der Waals surface area contributed by atoms with E-state index in [9.17, 15) is 0 Å². The fourth-order valence-corrected chi connectivity index (χ4v) is 3.77. The Balaban J connectivity index is 1.82. The lowest BCUT2D eigenvalue weighted by atomic mass is 10.1. The highest BCUT2D eigenvalue weighted by Gasteiger charge is 2.25. The number of hydrogen-bond donors (Lipinski definition) is 0. The highest BCUT2D eigenvalue weighted by atomic mass is 16.5. The van der Waals surface area contributed by atoms with Crippen molar-refractivity contribution in [3.05, 3.63) is 48.5 Å². The Hall–Kier alpha value is -2.20. The zero-order valence-electron chi connectivity index (χ0n) is 16.3. The van der Waals surface area contributed by atoms with E-state index in [1.807, 2.05) is 24.3 Å². The summed E-state index contributed by atoms with van der Waals surface area (Å²) in [7, 11) is 5.81. The van der Waals surface area contributed by atoms with Crippen molar-refractivity contribution >= 4 is 11.4 Å². The molecule has 2 aromatic rings. The number of piperidine rings is 1. The molecular weight excluding hydrogens is 324 g/mol. The van der Waals surface area contributed by atoms with E-state index in [0.717, 1.165) is 24.6 Å². The number of benzene rings is 2. The van der Waals surface area contributed by atoms with E-state index in [1.165, 1.54) is 48.2 Å². The number of methoxy groups -OCH3 is 2. The van der Waals surface area contributed by atoms with Gasteiger partial charge in [-0.15, -0.1) is 0 Å². The van der Waals surface area contributed by atoms with Crippen LogP contribution in [-0.2, 0) is 0 Å². The first-order chi connectivity index (χ1) is 12.6. The molecule has 0 N–H and O–H groups in total. The molecule has 0 atom stereocenters. The summed E-state index contributed by atoms with van der Waals surface area (Å²) in [5.74, 6) is 1.77. The number of likely N-dealkylation sites (tertiary alicyclic amines) is 1. The van der Waals surface area contributed by atoms with Gasteiger partial charge in [0.25, 0.3) is 0 Å². The van der Waals surface area contributed by atoms with Crippen molar-refractivity contribution < 1.29 is 14.0 Å². The lowest BCUT2D eigenvalue weighted by Crippen LogP contribution is -2.51. The summed E-state index contributed by atoms with van der Waals surface area (Å²) in [6, 6.07) is 16.7. The molecule has 1 aliphatic rings. The molecule has 0 radical (unpaired) electrons. The molecule has 0 spiro atoms. The second kappa shape index (κ2) is 8.45. The Morgan fingerprint density at radius 2 is 1.23 bits per heavy atom. The Morgan fingerprint density at radius 1 is 0.769 bits per heavy atom. The molecule has 1 aliphatic heterocycles. The van der Waals surface area contributed by atoms with Gasteiger partial charge in [0.1, 0.15) is 11.5 Å². The molecule has 0 aliphatic carbocycles. The van der Waals surface area contributed by atoms with Gasteiger partial charge < -0.3 is 18.9 Å². The molecule has 2 aromatic carbocycles. The minimum absolute atomic E-state index is 0.887. The number of likely N-dealkylation sites (N-methyl/N-ethyl adjacent to an activating group) is 1. The van der Waals surface area contributed by atoms with Gasteiger partial charge in [-0.05, 0) is 67.8 Å². The van der Waals surface area contributed by atoms with Gasteiger partial charge in [0.05, 0.1) is 47.4 Å². The highest BCUT2D eigenvalue weighted by Crippen LogP contribution is 2.29. The van der Waals surface area contributed by atoms with Gasteiger partial charge >= 0.3 is 0 Å². The van der Waals surface area contributed by atoms with E-state index in [2.05, 4.69) is 36.2 Å². The fourth-order valence-electron chi connectivity index (χ4n) is 3.77. The lowest BCUT2D eigenvalue weighted by Gasteiger charge is -2.39. The molecule has 140 valence electrons. The predicted molar refractivity (Wildman–Crippen MR) is 108 cm³/mol. The van der Waals surface area contributed by atoms with E-state index in [4.69, 9.17) is 9.47 Å². The van der Waals surface area contributed by atoms with Gasteiger partial charge in [0.2, 0.25) is 0 Å². The van der Waals surface area contributed by atoms with Crippen LogP contribution in [0.5, 0.6) is 11.5 Å². The fraction of sp³-hybridized carbons (Fsp3) is 0.455. The molecule has 0 amide bonds. The smallest absolute Gasteiger partial charge is 0.119 e. The van der Waals surface area contributed by atoms with E-state index in [0.29, 0.717) is 0 Å². The molecule has 0 unspecified atom stereocenters. The van der Waals surface area contributed by atoms with E-state index in [1.54, 1.807) is 14.2 Å². The summed E-state index contributed by atoms with van der Waals surface area (Å²) in [5.41, 5.74) is 2.39. The first kappa shape index (κ1) is 18.6. The maximum atomic E-state index is 5.32. The van der Waals surface area contributed by atoms with Crippen molar-refractivity contribution in [2.24, 2.45) is 0 Å². The summed E-state index contributed by atoms with van der Waals surface area (Å²) in [5, 5.41) is 0. The van der Waals surface area contributed by atoms with E-state index < -0.39 is 0 Å². The summed E-state index contributed by atoms with van der Waals surface area (Å²) < 4.78 is 11.8. The molecule has 0 bridgehead atoms. The second-order valence-electron chi connectivity index (χ2n) is 7.40. The molecule has 26 heavy (non-hydrogen) atoms. The van der Waals surface area contributed by atoms with Crippen LogP contribution in [0.15, 0.2) is 48.5 Å². The minimum atomic E-state index is 0.887. The third-order valence-corrected chi connectivity index (χ3v) is 5.53. The third kappa shape index (κ3) is 4.50. The Kier molecular flexibility index (Phi) is 6.04. The molecule has 3 rings (SSSR count). The number of nitrogens with zero attached hydrogens (tertiary/aromatic N) is 2. The lowest BCUT2D eigenvalue weighted by molar-refractivity contribution is -0.912. The van der Waals surface area contributed by atoms with Crippen molar-refractivity contribution in [1.82, 2.24) is 0 Å². The Labute approximate surface area is 157 Å². The van der Waals surface area contributed by atoms with Crippen LogP contribution in [0.3, 0.4) is 0 Å². The van der Waals surface area contributed by atoms with E-state index >= 15 is 0 Å². The van der Waals surface area contributed by atoms with Crippen molar-refractivity contribution in [2.75, 3.05) is 52.3 Å². The van der Waals surface area contributed by atoms with Gasteiger partial charge in [-0.25, -0.2) is 0 Å². The maximum absolute atomic E-state index is 5.32. The average Bonchev–Trinajstić information content (AvgIpc) is 2.69. The SMILES string of the molecule is COc1ccc(N(CC[N+]2(C)CCCCC2)c2ccc(OC)cc2)cc1. The number of hydrogen-bond acceptors (Lipinski definition) is 3. The molecule has 4 nitrogen and oxygen atoms in total. The summed E-state index contributed by atoms with van der Waals surface area (Å²) in [6.07, 6.45) is 4.08. The van der Waals surface area contributed by atoms with Crippen LogP contribution in [0.2, 0.25) is 0 Å². The second-order valence-corrected chi connectivity index (χ2v) is 7.40. The standard InChI is InChI=1S/C22H31N2O2/c1-24(16-5-4-6-17-24)18-15-23(19-7-11-21(25-2)12-8-19)20-9-13-22(26-3)14-10-20/h7-14H,4-6,15-18H2,1-3H3/q+1. The predicted octanol–water partition coefficient (Wildman–Crippen LogP) is 4.47. The zero-order chi connectivity index (χ0) is 18.4. The zero-order valence-corrected chi connectivity index (χ0v) is 16.3. The van der Waals surface area contributed by atoms with Crippen LogP contribution >= 0.6 is 0 Å². The third-order valence-electron chi connectivity index (χ3n) is 5.53. The first-order valence-corrected chi connectivity index (χ1v) is 9.53. The number of quaternary nitrogens is 1.